The lowest BCUT2D eigenvalue weighted by atomic mass is 10.1. The minimum atomic E-state index is -0.502. The van der Waals surface area contributed by atoms with Crippen molar-refractivity contribution in [1.82, 2.24) is 25.1 Å². The van der Waals surface area contributed by atoms with Crippen molar-refractivity contribution in [1.29, 1.82) is 0 Å². The zero-order chi connectivity index (χ0) is 20.3. The van der Waals surface area contributed by atoms with E-state index in [2.05, 4.69) is 41.1 Å². The van der Waals surface area contributed by atoms with E-state index in [0.29, 0.717) is 37.5 Å². The molecule has 0 amide bonds. The molecule has 10 heteroatoms. The van der Waals surface area contributed by atoms with Crippen LogP contribution in [0.4, 0.5) is 0 Å². The Kier molecular flexibility index (Phi) is 4.27. The molecule has 1 aromatic carbocycles. The molecule has 0 aliphatic rings. The normalized spacial score (nSPS) is 11.6. The Morgan fingerprint density at radius 2 is 2.07 bits per heavy atom. The van der Waals surface area contributed by atoms with Crippen molar-refractivity contribution in [2.24, 2.45) is 0 Å². The second-order valence-corrected chi connectivity index (χ2v) is 8.78. The monoisotopic (exact) mass is 487 g/mol. The van der Waals surface area contributed by atoms with Gasteiger partial charge in [0.15, 0.2) is 5.69 Å². The lowest BCUT2D eigenvalue weighted by Crippen LogP contribution is -2.05. The maximum Gasteiger partial charge on any atom is 0.347 e. The maximum absolute atomic E-state index is 12.8. The van der Waals surface area contributed by atoms with Gasteiger partial charge in [-0.1, -0.05) is 11.6 Å². The second kappa shape index (κ2) is 6.72. The van der Waals surface area contributed by atoms with Crippen molar-refractivity contribution in [2.45, 2.75) is 13.8 Å². The second-order valence-electron chi connectivity index (χ2n) is 6.38. The molecule has 0 aliphatic heterocycles. The van der Waals surface area contributed by atoms with Gasteiger partial charge in [-0.25, -0.2) is 14.8 Å². The summed E-state index contributed by atoms with van der Waals surface area (Å²) in [7, 11) is 0. The molecule has 0 bridgehead atoms. The summed E-state index contributed by atoms with van der Waals surface area (Å²) in [5.74, 6) is 0.0878. The highest BCUT2D eigenvalue weighted by Crippen LogP contribution is 2.38. The number of aromatic amines is 1. The molecule has 29 heavy (non-hydrogen) atoms. The summed E-state index contributed by atoms with van der Waals surface area (Å²) in [5.41, 5.74) is 3.11. The van der Waals surface area contributed by atoms with Crippen molar-refractivity contribution in [3.05, 3.63) is 55.0 Å². The van der Waals surface area contributed by atoms with Gasteiger partial charge in [-0.05, 0) is 53.5 Å². The van der Waals surface area contributed by atoms with Gasteiger partial charge in [0.1, 0.15) is 4.60 Å². The summed E-state index contributed by atoms with van der Waals surface area (Å²) in [6.07, 6.45) is 1.63. The predicted molar refractivity (Wildman–Crippen MR) is 116 cm³/mol. The Balaban J connectivity index is 1.82. The van der Waals surface area contributed by atoms with Gasteiger partial charge in [0.05, 0.1) is 42.4 Å². The topological polar surface area (TPSA) is 97.6 Å². The average Bonchev–Trinajstić information content (AvgIpc) is 3.25. The van der Waals surface area contributed by atoms with Crippen LogP contribution in [-0.2, 0) is 0 Å². The first kappa shape index (κ1) is 18.4. The number of hydrogen-bond donors (Lipinski definition) is 1. The van der Waals surface area contributed by atoms with E-state index < -0.39 is 5.63 Å². The minimum Gasteiger partial charge on any atom is -0.401 e. The molecule has 1 N–H and O–H groups in total. The molecular formula is C19H11BrClN5O2S. The molecule has 0 radical (unpaired) electrons. The number of hydrogen-bond acceptors (Lipinski definition) is 7. The summed E-state index contributed by atoms with van der Waals surface area (Å²) in [6.45, 7) is 3.86. The van der Waals surface area contributed by atoms with E-state index >= 15 is 0 Å². The first-order chi connectivity index (χ1) is 13.9. The highest BCUT2D eigenvalue weighted by atomic mass is 79.9. The summed E-state index contributed by atoms with van der Waals surface area (Å²) < 4.78 is 7.09. The molecule has 4 aromatic heterocycles. The van der Waals surface area contributed by atoms with Gasteiger partial charge in [0.2, 0.25) is 0 Å². The van der Waals surface area contributed by atoms with Crippen LogP contribution in [0.3, 0.4) is 0 Å². The van der Waals surface area contributed by atoms with Crippen molar-refractivity contribution >= 4 is 60.0 Å². The van der Waals surface area contributed by atoms with Crippen molar-refractivity contribution in [3.63, 3.8) is 0 Å². The number of pyridine rings is 1. The molecule has 0 atom stereocenters. The fraction of sp³-hybridized carbons (Fsp3) is 0.105. The molecule has 0 saturated carbocycles. The molecule has 0 saturated heterocycles. The molecule has 5 aromatic rings. The van der Waals surface area contributed by atoms with Crippen LogP contribution >= 0.6 is 38.9 Å². The van der Waals surface area contributed by atoms with E-state index in [1.807, 2.05) is 13.8 Å². The Hall–Kier alpha value is -2.62. The number of aromatic nitrogens is 5. The SMILES string of the molecule is Cc1nc2cc3c(=O)oc(-c4n[nH]c(Br)c4-c4ncccc4Cl)nc3c(C)c2s1. The van der Waals surface area contributed by atoms with E-state index in [0.717, 1.165) is 20.8 Å². The Labute approximate surface area is 180 Å². The summed E-state index contributed by atoms with van der Waals surface area (Å²) in [4.78, 5) is 26.2. The van der Waals surface area contributed by atoms with Gasteiger partial charge in [0, 0.05) is 6.20 Å². The Morgan fingerprint density at radius 1 is 1.24 bits per heavy atom. The molecular weight excluding hydrogens is 478 g/mol. The number of nitrogens with zero attached hydrogens (tertiary/aromatic N) is 4. The quantitative estimate of drug-likeness (QED) is 0.363. The molecule has 5 rings (SSSR count). The summed E-state index contributed by atoms with van der Waals surface area (Å²) >= 11 is 11.3. The molecule has 0 aliphatic carbocycles. The molecule has 0 spiro atoms. The number of benzene rings is 1. The third kappa shape index (κ3) is 2.88. The van der Waals surface area contributed by atoms with Gasteiger partial charge < -0.3 is 4.42 Å². The number of fused-ring (bicyclic) bond motifs is 2. The van der Waals surface area contributed by atoms with Crippen LogP contribution in [0.5, 0.6) is 0 Å². The van der Waals surface area contributed by atoms with Crippen molar-refractivity contribution in [3.8, 4) is 22.8 Å². The van der Waals surface area contributed by atoms with E-state index in [-0.39, 0.29) is 5.89 Å². The van der Waals surface area contributed by atoms with E-state index in [9.17, 15) is 4.79 Å². The zero-order valence-corrected chi connectivity index (χ0v) is 18.2. The van der Waals surface area contributed by atoms with Crippen LogP contribution in [0, 0.1) is 13.8 Å². The predicted octanol–water partition coefficient (Wildman–Crippen LogP) is 5.28. The first-order valence-electron chi connectivity index (χ1n) is 8.50. The van der Waals surface area contributed by atoms with Crippen LogP contribution in [0.1, 0.15) is 10.6 Å². The van der Waals surface area contributed by atoms with Crippen LogP contribution in [0.2, 0.25) is 5.02 Å². The molecule has 0 unspecified atom stereocenters. The third-order valence-electron chi connectivity index (χ3n) is 4.53. The lowest BCUT2D eigenvalue weighted by Gasteiger charge is -2.06. The third-order valence-corrected chi connectivity index (χ3v) is 6.52. The number of halogens is 2. The number of thiazole rings is 1. The fourth-order valence-corrected chi connectivity index (χ4v) is 4.83. The Morgan fingerprint density at radius 3 is 2.86 bits per heavy atom. The highest BCUT2D eigenvalue weighted by molar-refractivity contribution is 9.10. The number of H-pyrrole nitrogens is 1. The van der Waals surface area contributed by atoms with E-state index in [4.69, 9.17) is 16.0 Å². The van der Waals surface area contributed by atoms with Crippen molar-refractivity contribution in [2.75, 3.05) is 0 Å². The van der Waals surface area contributed by atoms with E-state index in [1.54, 1.807) is 35.7 Å². The standard InChI is InChI=1S/C19H11BrClN5O2S/c1-7-13-9(6-11-16(7)29-8(2)23-11)19(27)28-18(24-13)15-12(17(20)26-25-15)14-10(21)4-3-5-22-14/h3-6H,1-2H3,(H,25,26). The van der Waals surface area contributed by atoms with Gasteiger partial charge >= 0.3 is 5.63 Å². The first-order valence-corrected chi connectivity index (χ1v) is 10.5. The van der Waals surface area contributed by atoms with E-state index in [1.165, 1.54) is 0 Å². The molecule has 144 valence electrons. The minimum absolute atomic E-state index is 0.0878. The largest absolute Gasteiger partial charge is 0.401 e. The molecule has 4 heterocycles. The fourth-order valence-electron chi connectivity index (χ4n) is 3.25. The summed E-state index contributed by atoms with van der Waals surface area (Å²) in [5, 5.41) is 8.86. The zero-order valence-electron chi connectivity index (χ0n) is 15.1. The van der Waals surface area contributed by atoms with Gasteiger partial charge in [-0.2, -0.15) is 5.10 Å². The Bertz CT molecular complexity index is 1490. The van der Waals surface area contributed by atoms with Gasteiger partial charge in [-0.15, -0.1) is 11.3 Å². The van der Waals surface area contributed by atoms with Crippen molar-refractivity contribution < 1.29 is 4.42 Å². The molecule has 7 nitrogen and oxygen atoms in total. The van der Waals surface area contributed by atoms with Crippen LogP contribution in [-0.4, -0.2) is 25.1 Å². The number of aryl methyl sites for hydroxylation is 2. The number of rotatable bonds is 2. The van der Waals surface area contributed by atoms with Gasteiger partial charge in [0.25, 0.3) is 5.89 Å². The van der Waals surface area contributed by atoms with Gasteiger partial charge in [-0.3, -0.25) is 10.1 Å². The average molecular weight is 489 g/mol. The van der Waals surface area contributed by atoms with Crippen LogP contribution in [0.15, 0.2) is 38.2 Å². The number of nitrogens with one attached hydrogen (secondary N) is 1. The molecule has 0 fully saturated rings. The highest BCUT2D eigenvalue weighted by Gasteiger charge is 2.23. The maximum atomic E-state index is 12.8. The van der Waals surface area contributed by atoms with Crippen LogP contribution in [0.25, 0.3) is 44.0 Å². The van der Waals surface area contributed by atoms with Crippen LogP contribution < -0.4 is 5.63 Å². The summed E-state index contributed by atoms with van der Waals surface area (Å²) in [6, 6.07) is 5.18. The smallest absolute Gasteiger partial charge is 0.347 e. The lowest BCUT2D eigenvalue weighted by molar-refractivity contribution is 0.516.